The Morgan fingerprint density at radius 2 is 2.06 bits per heavy atom. The molecule has 0 aromatic carbocycles. The molecule has 2 aliphatic heterocycles. The number of aromatic nitrogens is 3. The summed E-state index contributed by atoms with van der Waals surface area (Å²) in [4.78, 5) is 23.2. The highest BCUT2D eigenvalue weighted by Gasteiger charge is 2.52. The number of alkyl halides is 3. The Morgan fingerprint density at radius 3 is 2.61 bits per heavy atom. The number of nitrogens with zero attached hydrogens (tertiary/aromatic N) is 4. The van der Waals surface area contributed by atoms with Gasteiger partial charge in [-0.2, -0.15) is 18.3 Å². The number of halogens is 3. The molecule has 1 amide bonds. The maximum atomic E-state index is 11.9. The standard InChI is InChI=1S/C18H25N5O3.C2HF3O2/c1-13-9-15(22(2)21-13)10-23-11-18(12-23)14(5-8-25-18)3-6-19-17(24)16-4-7-20-26-16;3-2(4,5)1(6)7/h4,7,9,14H,3,5-6,8,10-12H2,1-2H3,(H,19,24);(H,6,7). The first-order chi connectivity index (χ1) is 15.5. The van der Waals surface area contributed by atoms with Gasteiger partial charge in [0.25, 0.3) is 5.91 Å². The number of ether oxygens (including phenoxy) is 1. The number of aryl methyl sites for hydroxylation is 2. The highest BCUT2D eigenvalue weighted by Crippen LogP contribution is 2.42. The minimum absolute atomic E-state index is 0.0510. The Labute approximate surface area is 187 Å². The summed E-state index contributed by atoms with van der Waals surface area (Å²) in [6.45, 7) is 6.23. The van der Waals surface area contributed by atoms with Gasteiger partial charge < -0.3 is 19.7 Å². The van der Waals surface area contributed by atoms with E-state index >= 15 is 0 Å². The molecule has 4 heterocycles. The van der Waals surface area contributed by atoms with Gasteiger partial charge in [-0.3, -0.25) is 14.4 Å². The molecule has 2 saturated heterocycles. The predicted octanol–water partition coefficient (Wildman–Crippen LogP) is 1.76. The number of carboxylic acids is 1. The van der Waals surface area contributed by atoms with Crippen molar-refractivity contribution in [2.75, 3.05) is 26.2 Å². The fourth-order valence-corrected chi connectivity index (χ4v) is 4.19. The largest absolute Gasteiger partial charge is 0.490 e. The number of amides is 1. The van der Waals surface area contributed by atoms with E-state index in [0.29, 0.717) is 12.5 Å². The third-order valence-electron chi connectivity index (χ3n) is 5.75. The molecule has 1 unspecified atom stereocenters. The zero-order chi connectivity index (χ0) is 24.2. The van der Waals surface area contributed by atoms with Gasteiger partial charge in [0, 0.05) is 45.9 Å². The van der Waals surface area contributed by atoms with E-state index in [1.165, 1.54) is 11.9 Å². The van der Waals surface area contributed by atoms with Crippen molar-refractivity contribution in [1.82, 2.24) is 25.2 Å². The van der Waals surface area contributed by atoms with E-state index in [-0.39, 0.29) is 17.3 Å². The van der Waals surface area contributed by atoms with Crippen LogP contribution in [0, 0.1) is 12.8 Å². The number of carbonyl (C=O) groups excluding carboxylic acids is 1. The number of hydrogen-bond donors (Lipinski definition) is 2. The van der Waals surface area contributed by atoms with Gasteiger partial charge in [0.15, 0.2) is 0 Å². The van der Waals surface area contributed by atoms with E-state index in [4.69, 9.17) is 19.2 Å². The molecule has 4 rings (SSSR count). The van der Waals surface area contributed by atoms with Crippen molar-refractivity contribution in [3.63, 3.8) is 0 Å². The van der Waals surface area contributed by atoms with Gasteiger partial charge >= 0.3 is 12.1 Å². The maximum Gasteiger partial charge on any atom is 0.490 e. The molecule has 182 valence electrons. The molecule has 0 aliphatic carbocycles. The molecule has 1 spiro atoms. The number of carbonyl (C=O) groups is 2. The number of aliphatic carboxylic acids is 1. The zero-order valence-corrected chi connectivity index (χ0v) is 18.3. The van der Waals surface area contributed by atoms with Gasteiger partial charge in [-0.15, -0.1) is 0 Å². The summed E-state index contributed by atoms with van der Waals surface area (Å²) in [5.74, 6) is -2.24. The predicted molar refractivity (Wildman–Crippen MR) is 107 cm³/mol. The molecule has 2 fully saturated rings. The quantitative estimate of drug-likeness (QED) is 0.651. The van der Waals surface area contributed by atoms with Gasteiger partial charge in [-0.05, 0) is 31.7 Å². The lowest BCUT2D eigenvalue weighted by atomic mass is 9.79. The summed E-state index contributed by atoms with van der Waals surface area (Å²) in [5, 5.41) is 18.0. The first kappa shape index (κ1) is 24.7. The molecular weight excluding hydrogens is 447 g/mol. The molecule has 1 atom stereocenters. The van der Waals surface area contributed by atoms with Crippen molar-refractivity contribution in [1.29, 1.82) is 0 Å². The Balaban J connectivity index is 0.000000383. The van der Waals surface area contributed by atoms with E-state index in [1.54, 1.807) is 6.07 Å². The number of likely N-dealkylation sites (tertiary alicyclic amines) is 1. The minimum atomic E-state index is -5.08. The highest BCUT2D eigenvalue weighted by molar-refractivity contribution is 5.91. The third-order valence-corrected chi connectivity index (χ3v) is 5.75. The molecule has 2 aromatic heterocycles. The SMILES string of the molecule is Cc1cc(CN2CC3(C2)OCCC3CCNC(=O)c2ccno2)n(C)n1.O=C(O)C(F)(F)F. The average Bonchev–Trinajstić information content (AvgIpc) is 3.42. The van der Waals surface area contributed by atoms with Crippen LogP contribution in [0.4, 0.5) is 13.2 Å². The second-order valence-electron chi connectivity index (χ2n) is 8.17. The van der Waals surface area contributed by atoms with Crippen LogP contribution in [0.5, 0.6) is 0 Å². The van der Waals surface area contributed by atoms with Crippen LogP contribution in [0.15, 0.2) is 22.9 Å². The summed E-state index contributed by atoms with van der Waals surface area (Å²) in [5.41, 5.74) is 2.23. The molecule has 10 nitrogen and oxygen atoms in total. The Kier molecular flexibility index (Phi) is 7.42. The summed E-state index contributed by atoms with van der Waals surface area (Å²) in [6, 6.07) is 3.70. The minimum Gasteiger partial charge on any atom is -0.475 e. The van der Waals surface area contributed by atoms with Crippen LogP contribution in [0.2, 0.25) is 0 Å². The number of rotatable bonds is 6. The summed E-state index contributed by atoms with van der Waals surface area (Å²) < 4.78 is 44.7. The second kappa shape index (κ2) is 9.91. The maximum absolute atomic E-state index is 11.9. The zero-order valence-electron chi connectivity index (χ0n) is 18.3. The molecule has 0 saturated carbocycles. The monoisotopic (exact) mass is 473 g/mol. The van der Waals surface area contributed by atoms with Crippen molar-refractivity contribution < 1.29 is 37.1 Å². The van der Waals surface area contributed by atoms with Crippen LogP contribution in [0.1, 0.15) is 34.8 Å². The molecule has 13 heteroatoms. The van der Waals surface area contributed by atoms with Gasteiger partial charge in [-0.25, -0.2) is 4.79 Å². The molecule has 0 bridgehead atoms. The molecule has 0 radical (unpaired) electrons. The van der Waals surface area contributed by atoms with Crippen molar-refractivity contribution in [3.8, 4) is 0 Å². The van der Waals surface area contributed by atoms with Crippen LogP contribution in [0.25, 0.3) is 0 Å². The van der Waals surface area contributed by atoms with Crippen LogP contribution < -0.4 is 5.32 Å². The Morgan fingerprint density at radius 1 is 1.36 bits per heavy atom. The Hall–Kier alpha value is -2.93. The van der Waals surface area contributed by atoms with E-state index < -0.39 is 12.1 Å². The summed E-state index contributed by atoms with van der Waals surface area (Å²) in [7, 11) is 1.99. The van der Waals surface area contributed by atoms with Crippen molar-refractivity contribution >= 4 is 11.9 Å². The number of nitrogens with one attached hydrogen (secondary N) is 1. The second-order valence-corrected chi connectivity index (χ2v) is 8.17. The number of hydrogen-bond acceptors (Lipinski definition) is 7. The highest BCUT2D eigenvalue weighted by atomic mass is 19.4. The lowest BCUT2D eigenvalue weighted by Gasteiger charge is -2.50. The van der Waals surface area contributed by atoms with Crippen LogP contribution >= 0.6 is 0 Å². The summed E-state index contributed by atoms with van der Waals surface area (Å²) >= 11 is 0. The van der Waals surface area contributed by atoms with Crippen LogP contribution in [0.3, 0.4) is 0 Å². The number of carboxylic acid groups (broad SMARTS) is 1. The molecule has 2 aromatic rings. The van der Waals surface area contributed by atoms with Gasteiger partial charge in [-0.1, -0.05) is 5.16 Å². The smallest absolute Gasteiger partial charge is 0.475 e. The normalized spacial score (nSPS) is 19.6. The van der Waals surface area contributed by atoms with E-state index in [9.17, 15) is 18.0 Å². The van der Waals surface area contributed by atoms with Gasteiger partial charge in [0.05, 0.1) is 23.2 Å². The van der Waals surface area contributed by atoms with Crippen LogP contribution in [-0.2, 0) is 23.1 Å². The lowest BCUT2D eigenvalue weighted by Crippen LogP contribution is -2.64. The van der Waals surface area contributed by atoms with Crippen molar-refractivity contribution in [3.05, 3.63) is 35.5 Å². The molecule has 2 N–H and O–H groups in total. The van der Waals surface area contributed by atoms with Crippen molar-refractivity contribution in [2.24, 2.45) is 13.0 Å². The summed E-state index contributed by atoms with van der Waals surface area (Å²) in [6.07, 6.45) is -1.64. The molecular formula is C20H26F3N5O5. The first-order valence-electron chi connectivity index (χ1n) is 10.3. The van der Waals surface area contributed by atoms with Gasteiger partial charge in [0.1, 0.15) is 0 Å². The van der Waals surface area contributed by atoms with Crippen molar-refractivity contribution in [2.45, 2.75) is 38.1 Å². The lowest BCUT2D eigenvalue weighted by molar-refractivity contribution is -0.192. The van der Waals surface area contributed by atoms with E-state index in [0.717, 1.165) is 44.8 Å². The van der Waals surface area contributed by atoms with E-state index in [1.807, 2.05) is 18.7 Å². The Bertz CT molecular complexity index is 954. The molecule has 2 aliphatic rings. The third kappa shape index (κ3) is 6.11. The van der Waals surface area contributed by atoms with Crippen LogP contribution in [-0.4, -0.2) is 74.8 Å². The van der Waals surface area contributed by atoms with Gasteiger partial charge in [0.2, 0.25) is 5.76 Å². The first-order valence-corrected chi connectivity index (χ1v) is 10.3. The fraction of sp³-hybridized carbons (Fsp3) is 0.600. The fourth-order valence-electron chi connectivity index (χ4n) is 4.19. The van der Waals surface area contributed by atoms with E-state index in [2.05, 4.69) is 26.5 Å². The topological polar surface area (TPSA) is 123 Å². The average molecular weight is 473 g/mol. The molecule has 33 heavy (non-hydrogen) atoms.